The smallest absolute Gasteiger partial charge is 0.336 e. The van der Waals surface area contributed by atoms with Crippen LogP contribution in [0.25, 0.3) is 5.70 Å². The molecule has 1 atom stereocenters. The van der Waals surface area contributed by atoms with Crippen molar-refractivity contribution in [2.45, 2.75) is 19.4 Å². The van der Waals surface area contributed by atoms with Crippen LogP contribution in [0.1, 0.15) is 39.9 Å². The molecule has 1 aliphatic heterocycles. The molecule has 2 aliphatic rings. The van der Waals surface area contributed by atoms with Gasteiger partial charge in [0.05, 0.1) is 26.4 Å². The molecule has 1 heterocycles. The van der Waals surface area contributed by atoms with Crippen LogP contribution in [0.4, 0.5) is 0 Å². The lowest BCUT2D eigenvalue weighted by atomic mass is 9.80. The molecule has 0 saturated heterocycles. The number of dihydropyridines is 1. The highest BCUT2D eigenvalue weighted by Gasteiger charge is 2.43. The largest absolute Gasteiger partial charge is 0.487 e. The third-order valence-electron chi connectivity index (χ3n) is 6.30. The summed E-state index contributed by atoms with van der Waals surface area (Å²) < 4.78 is 12.8. The van der Waals surface area contributed by atoms with E-state index in [9.17, 15) is 9.59 Å². The topological polar surface area (TPSA) is 64.6 Å². The maximum absolute atomic E-state index is 13.6. The molecule has 0 spiro atoms. The Bertz CT molecular complexity index is 1460. The SMILES string of the molecule is COC(=O)C1=C(C)NC2=C(C(=O)c3ccccc32)[C@H]1c1cc(Br)c(OCc2ccc(Cl)cc2)c(I)c1. The van der Waals surface area contributed by atoms with Crippen LogP contribution >= 0.6 is 50.1 Å². The second kappa shape index (κ2) is 10.0. The van der Waals surface area contributed by atoms with Crippen LogP contribution in [0.2, 0.25) is 5.02 Å². The van der Waals surface area contributed by atoms with Gasteiger partial charge >= 0.3 is 5.97 Å². The first-order valence-corrected chi connectivity index (χ1v) is 13.4. The molecule has 182 valence electrons. The quantitative estimate of drug-likeness (QED) is 0.233. The van der Waals surface area contributed by atoms with Crippen molar-refractivity contribution >= 4 is 67.6 Å². The highest BCUT2D eigenvalue weighted by atomic mass is 127. The van der Waals surface area contributed by atoms with Gasteiger partial charge in [-0.15, -0.1) is 0 Å². The van der Waals surface area contributed by atoms with Gasteiger partial charge in [0.2, 0.25) is 0 Å². The number of hydrogen-bond donors (Lipinski definition) is 1. The molecule has 0 fully saturated rings. The van der Waals surface area contributed by atoms with Crippen LogP contribution in [0.5, 0.6) is 5.75 Å². The van der Waals surface area contributed by atoms with Crippen molar-refractivity contribution in [1.82, 2.24) is 5.32 Å². The zero-order valence-electron chi connectivity index (χ0n) is 19.3. The molecule has 5 rings (SSSR count). The van der Waals surface area contributed by atoms with Gasteiger partial charge in [-0.1, -0.05) is 48.0 Å². The molecule has 36 heavy (non-hydrogen) atoms. The molecule has 0 aromatic heterocycles. The molecule has 0 radical (unpaired) electrons. The maximum Gasteiger partial charge on any atom is 0.336 e. The highest BCUT2D eigenvalue weighted by Crippen LogP contribution is 2.48. The molecule has 1 N–H and O–H groups in total. The molecule has 3 aromatic carbocycles. The Hall–Kier alpha value is -2.62. The Labute approximate surface area is 235 Å². The van der Waals surface area contributed by atoms with Gasteiger partial charge in [0.15, 0.2) is 5.78 Å². The fourth-order valence-corrected chi connectivity index (χ4v) is 6.56. The van der Waals surface area contributed by atoms with E-state index in [2.05, 4.69) is 43.8 Å². The summed E-state index contributed by atoms with van der Waals surface area (Å²) >= 11 is 11.9. The number of nitrogens with one attached hydrogen (secondary N) is 1. The minimum Gasteiger partial charge on any atom is -0.487 e. The average molecular weight is 677 g/mol. The Kier molecular flexibility index (Phi) is 6.98. The normalized spacial score (nSPS) is 16.5. The van der Waals surface area contributed by atoms with Gasteiger partial charge in [-0.25, -0.2) is 4.79 Å². The summed E-state index contributed by atoms with van der Waals surface area (Å²) in [6, 6.07) is 18.8. The lowest BCUT2D eigenvalue weighted by molar-refractivity contribution is -0.136. The molecule has 3 aromatic rings. The molecule has 0 unspecified atom stereocenters. The molecule has 0 amide bonds. The summed E-state index contributed by atoms with van der Waals surface area (Å²) in [6.45, 7) is 2.20. The number of ether oxygens (including phenoxy) is 2. The summed E-state index contributed by atoms with van der Waals surface area (Å²) in [6.07, 6.45) is 0. The van der Waals surface area contributed by atoms with E-state index in [0.29, 0.717) is 39.8 Å². The van der Waals surface area contributed by atoms with E-state index < -0.39 is 11.9 Å². The van der Waals surface area contributed by atoms with E-state index >= 15 is 0 Å². The Morgan fingerprint density at radius 1 is 1.11 bits per heavy atom. The van der Waals surface area contributed by atoms with Gasteiger partial charge in [-0.05, 0) is 80.8 Å². The van der Waals surface area contributed by atoms with Gasteiger partial charge in [0, 0.05) is 33.3 Å². The van der Waals surface area contributed by atoms with Gasteiger partial charge in [-0.3, -0.25) is 4.79 Å². The summed E-state index contributed by atoms with van der Waals surface area (Å²) in [5.41, 5.74) is 5.58. The number of rotatable bonds is 5. The van der Waals surface area contributed by atoms with Crippen molar-refractivity contribution in [3.05, 3.63) is 113 Å². The van der Waals surface area contributed by atoms with Crippen LogP contribution in [-0.4, -0.2) is 18.9 Å². The molecular weight excluding hydrogens is 657 g/mol. The summed E-state index contributed by atoms with van der Waals surface area (Å²) in [5.74, 6) is -0.488. The van der Waals surface area contributed by atoms with Crippen molar-refractivity contribution in [2.75, 3.05) is 7.11 Å². The number of ketones is 1. The summed E-state index contributed by atoms with van der Waals surface area (Å²) in [5, 5.41) is 3.97. The third-order valence-corrected chi connectivity index (χ3v) is 7.95. The predicted octanol–water partition coefficient (Wildman–Crippen LogP) is 7.03. The van der Waals surface area contributed by atoms with Crippen LogP contribution in [0.15, 0.2) is 82.0 Å². The monoisotopic (exact) mass is 675 g/mol. The Balaban J connectivity index is 1.57. The Morgan fingerprint density at radius 3 is 2.47 bits per heavy atom. The van der Waals surface area contributed by atoms with Crippen molar-refractivity contribution in [1.29, 1.82) is 0 Å². The molecule has 8 heteroatoms. The number of methoxy groups -OCH3 is 1. The van der Waals surface area contributed by atoms with E-state index in [4.69, 9.17) is 21.1 Å². The van der Waals surface area contributed by atoms with E-state index in [1.54, 1.807) is 0 Å². The molecule has 0 saturated carbocycles. The van der Waals surface area contributed by atoms with Crippen molar-refractivity contribution in [2.24, 2.45) is 0 Å². The summed E-state index contributed by atoms with van der Waals surface area (Å²) in [4.78, 5) is 26.5. The number of halogens is 3. The number of fused-ring (bicyclic) bond motifs is 2. The number of hydrogen-bond acceptors (Lipinski definition) is 5. The van der Waals surface area contributed by atoms with Gasteiger partial charge in [0.25, 0.3) is 0 Å². The fraction of sp³-hybridized carbons (Fsp3) is 0.143. The fourth-order valence-electron chi connectivity index (χ4n) is 4.66. The Morgan fingerprint density at radius 2 is 1.81 bits per heavy atom. The summed E-state index contributed by atoms with van der Waals surface area (Å²) in [7, 11) is 1.35. The van der Waals surface area contributed by atoms with Gasteiger partial charge in [0.1, 0.15) is 12.4 Å². The van der Waals surface area contributed by atoms with Crippen molar-refractivity contribution in [3.63, 3.8) is 0 Å². The lowest BCUT2D eigenvalue weighted by Gasteiger charge is -2.29. The number of allylic oxidation sites excluding steroid dienone is 2. The standard InChI is InChI=1S/C28H20BrClINO4/c1-14-22(28(34)35-2)23(24-25(32-14)18-5-3-4-6-19(18)26(24)33)16-11-20(29)27(21(31)12-16)36-13-15-7-9-17(30)10-8-15/h3-12,23,32H,13H2,1-2H3/t23-/m0/s1. The number of carbonyl (C=O) groups is 2. The van der Waals surface area contributed by atoms with Gasteiger partial charge in [-0.2, -0.15) is 0 Å². The first-order valence-electron chi connectivity index (χ1n) is 11.1. The van der Waals surface area contributed by atoms with Crippen LogP contribution in [0, 0.1) is 3.57 Å². The zero-order chi connectivity index (χ0) is 25.6. The van der Waals surface area contributed by atoms with Crippen LogP contribution < -0.4 is 10.1 Å². The van der Waals surface area contributed by atoms with Crippen LogP contribution in [0.3, 0.4) is 0 Å². The minimum absolute atomic E-state index is 0.0961. The number of esters is 1. The first kappa shape index (κ1) is 25.0. The van der Waals surface area contributed by atoms with E-state index in [0.717, 1.165) is 30.4 Å². The predicted molar refractivity (Wildman–Crippen MR) is 151 cm³/mol. The second-order valence-corrected chi connectivity index (χ2v) is 10.9. The average Bonchev–Trinajstić information content (AvgIpc) is 3.14. The third kappa shape index (κ3) is 4.37. The number of carbonyl (C=O) groups excluding carboxylic acids is 2. The van der Waals surface area contributed by atoms with E-state index in [1.807, 2.05) is 67.6 Å². The number of benzene rings is 3. The van der Waals surface area contributed by atoms with E-state index in [1.165, 1.54) is 7.11 Å². The lowest BCUT2D eigenvalue weighted by Crippen LogP contribution is -2.29. The minimum atomic E-state index is -0.594. The zero-order valence-corrected chi connectivity index (χ0v) is 23.8. The van der Waals surface area contributed by atoms with Crippen molar-refractivity contribution < 1.29 is 19.1 Å². The first-order chi connectivity index (χ1) is 17.3. The molecule has 1 aliphatic carbocycles. The maximum atomic E-state index is 13.6. The molecule has 0 bridgehead atoms. The van der Waals surface area contributed by atoms with Gasteiger partial charge < -0.3 is 14.8 Å². The second-order valence-electron chi connectivity index (χ2n) is 8.48. The van der Waals surface area contributed by atoms with Crippen molar-refractivity contribution in [3.8, 4) is 5.75 Å². The van der Waals surface area contributed by atoms with Crippen LogP contribution in [-0.2, 0) is 16.1 Å². The molecular formula is C28H20BrClINO4. The van der Waals surface area contributed by atoms with E-state index in [-0.39, 0.29) is 5.78 Å². The molecule has 5 nitrogen and oxygen atoms in total. The highest BCUT2D eigenvalue weighted by molar-refractivity contribution is 14.1. The number of Topliss-reactive ketones (excluding diaryl/α,β-unsaturated/α-hetero) is 1.